The first-order valence-electron chi connectivity index (χ1n) is 12.0. The lowest BCUT2D eigenvalue weighted by molar-refractivity contribution is -0.132. The molecule has 1 amide bonds. The van der Waals surface area contributed by atoms with Gasteiger partial charge in [-0.25, -0.2) is 0 Å². The van der Waals surface area contributed by atoms with E-state index in [0.717, 1.165) is 17.7 Å². The molecular formula is C29H28N2O5. The van der Waals surface area contributed by atoms with Crippen molar-refractivity contribution in [2.75, 3.05) is 37.1 Å². The minimum atomic E-state index is -0.862. The maximum Gasteiger partial charge on any atom is 0.300 e. The molecule has 5 rings (SSSR count). The van der Waals surface area contributed by atoms with E-state index < -0.39 is 17.7 Å². The summed E-state index contributed by atoms with van der Waals surface area (Å²) in [4.78, 5) is 30.4. The average Bonchev–Trinajstić information content (AvgIpc) is 3.18. The number of nitrogens with zero attached hydrogens (tertiary/aromatic N) is 2. The zero-order valence-electron chi connectivity index (χ0n) is 20.5. The molecule has 2 aliphatic rings. The first-order chi connectivity index (χ1) is 17.4. The molecule has 3 aromatic rings. The predicted molar refractivity (Wildman–Crippen MR) is 139 cm³/mol. The van der Waals surface area contributed by atoms with Crippen molar-refractivity contribution in [1.29, 1.82) is 0 Å². The molecule has 0 radical (unpaired) electrons. The van der Waals surface area contributed by atoms with Gasteiger partial charge in [0.1, 0.15) is 23.9 Å². The molecule has 184 valence electrons. The highest BCUT2D eigenvalue weighted by Gasteiger charge is 2.48. The van der Waals surface area contributed by atoms with Crippen LogP contribution in [0.1, 0.15) is 29.7 Å². The van der Waals surface area contributed by atoms with E-state index >= 15 is 0 Å². The van der Waals surface area contributed by atoms with Crippen molar-refractivity contribution in [2.24, 2.45) is 0 Å². The lowest BCUT2D eigenvalue weighted by Crippen LogP contribution is -2.29. The smallest absolute Gasteiger partial charge is 0.300 e. The lowest BCUT2D eigenvalue weighted by atomic mass is 9.94. The topological polar surface area (TPSA) is 79.3 Å². The Kier molecular flexibility index (Phi) is 6.14. The minimum absolute atomic E-state index is 0.0170. The number of ketones is 1. The SMILES string of the molecule is CCc1ccc(N2C(=O)C(=O)/C(=C(/O)c3ccc4c(c3)N(C)CCO4)C2c2ccccc2OC)cc1. The van der Waals surface area contributed by atoms with Crippen molar-refractivity contribution in [2.45, 2.75) is 19.4 Å². The number of carbonyl (C=O) groups is 2. The number of methoxy groups -OCH3 is 1. The first-order valence-corrected chi connectivity index (χ1v) is 12.0. The molecule has 7 heteroatoms. The molecule has 1 saturated heterocycles. The van der Waals surface area contributed by atoms with Gasteiger partial charge in [-0.15, -0.1) is 0 Å². The van der Waals surface area contributed by atoms with Crippen molar-refractivity contribution < 1.29 is 24.2 Å². The Labute approximate surface area is 210 Å². The second-order valence-corrected chi connectivity index (χ2v) is 8.88. The van der Waals surface area contributed by atoms with E-state index in [1.165, 1.54) is 4.90 Å². The number of Topliss-reactive ketones (excluding diaryl/α,β-unsaturated/α-hetero) is 1. The van der Waals surface area contributed by atoms with Crippen LogP contribution in [-0.2, 0) is 16.0 Å². The van der Waals surface area contributed by atoms with Crippen LogP contribution in [-0.4, -0.2) is 44.1 Å². The molecule has 1 fully saturated rings. The van der Waals surface area contributed by atoms with Gasteiger partial charge in [0.05, 0.1) is 31.0 Å². The van der Waals surface area contributed by atoms with Crippen molar-refractivity contribution >= 4 is 28.8 Å². The minimum Gasteiger partial charge on any atom is -0.507 e. The largest absolute Gasteiger partial charge is 0.507 e. The van der Waals surface area contributed by atoms with Gasteiger partial charge in [0, 0.05) is 23.9 Å². The number of benzene rings is 3. The number of likely N-dealkylation sites (N-methyl/N-ethyl adjacent to an activating group) is 1. The summed E-state index contributed by atoms with van der Waals surface area (Å²) in [6.45, 7) is 3.33. The number of hydrogen-bond donors (Lipinski definition) is 1. The standard InChI is InChI=1S/C29H28N2O5/c1-4-18-9-12-20(13-10-18)31-26(21-7-5-6-8-23(21)35-3)25(28(33)29(31)34)27(32)19-11-14-24-22(17-19)30(2)15-16-36-24/h5-14,17,26,32H,4,15-16H2,1-3H3/b27-25+. The molecule has 7 nitrogen and oxygen atoms in total. The third-order valence-corrected chi connectivity index (χ3v) is 6.83. The van der Waals surface area contributed by atoms with Crippen molar-refractivity contribution in [3.05, 3.63) is 89.0 Å². The number of anilines is 2. The van der Waals surface area contributed by atoms with E-state index in [1.54, 1.807) is 31.4 Å². The van der Waals surface area contributed by atoms with E-state index in [-0.39, 0.29) is 11.3 Å². The quantitative estimate of drug-likeness (QED) is 0.321. The number of aliphatic hydroxyl groups excluding tert-OH is 1. The number of amides is 1. The summed E-state index contributed by atoms with van der Waals surface area (Å²) in [6.07, 6.45) is 0.853. The molecule has 3 aromatic carbocycles. The second kappa shape index (κ2) is 9.41. The van der Waals surface area contributed by atoms with Gasteiger partial charge in [-0.2, -0.15) is 0 Å². The van der Waals surface area contributed by atoms with E-state index in [1.807, 2.05) is 54.4 Å². The Hall–Kier alpha value is -4.26. The molecule has 0 aliphatic carbocycles. The highest BCUT2D eigenvalue weighted by atomic mass is 16.5. The van der Waals surface area contributed by atoms with Crippen LogP contribution in [0.5, 0.6) is 11.5 Å². The Bertz CT molecular complexity index is 1360. The van der Waals surface area contributed by atoms with Crippen LogP contribution in [0, 0.1) is 0 Å². The molecule has 1 unspecified atom stereocenters. The maximum atomic E-state index is 13.5. The number of carbonyl (C=O) groups excluding carboxylic acids is 2. The van der Waals surface area contributed by atoms with Gasteiger partial charge < -0.3 is 19.5 Å². The fourth-order valence-electron chi connectivity index (χ4n) is 4.83. The summed E-state index contributed by atoms with van der Waals surface area (Å²) in [5.41, 5.74) is 3.56. The summed E-state index contributed by atoms with van der Waals surface area (Å²) in [7, 11) is 3.49. The Morgan fingerprint density at radius 3 is 2.56 bits per heavy atom. The van der Waals surface area contributed by atoms with Gasteiger partial charge in [-0.05, 0) is 48.4 Å². The number of aliphatic hydroxyl groups is 1. The van der Waals surface area contributed by atoms with Crippen molar-refractivity contribution in [1.82, 2.24) is 0 Å². The molecule has 0 aromatic heterocycles. The summed E-state index contributed by atoms with van der Waals surface area (Å²) in [5.74, 6) is -0.457. The van der Waals surface area contributed by atoms with Crippen molar-refractivity contribution in [3.8, 4) is 11.5 Å². The van der Waals surface area contributed by atoms with E-state index in [4.69, 9.17) is 9.47 Å². The van der Waals surface area contributed by atoms with Crippen LogP contribution < -0.4 is 19.3 Å². The van der Waals surface area contributed by atoms with Gasteiger partial charge in [0.2, 0.25) is 0 Å². The molecule has 1 atom stereocenters. The van der Waals surface area contributed by atoms with Crippen molar-refractivity contribution in [3.63, 3.8) is 0 Å². The highest BCUT2D eigenvalue weighted by Crippen LogP contribution is 2.45. The fourth-order valence-corrected chi connectivity index (χ4v) is 4.83. The van der Waals surface area contributed by atoms with Crippen LogP contribution in [0.25, 0.3) is 5.76 Å². The molecule has 1 N–H and O–H groups in total. The Morgan fingerprint density at radius 2 is 1.83 bits per heavy atom. The summed E-state index contributed by atoms with van der Waals surface area (Å²) in [5, 5.41) is 11.5. The number of aryl methyl sites for hydroxylation is 1. The molecule has 2 aliphatic heterocycles. The number of rotatable bonds is 5. The number of fused-ring (bicyclic) bond motifs is 1. The monoisotopic (exact) mass is 484 g/mol. The molecule has 0 bridgehead atoms. The normalized spacial score (nSPS) is 18.7. The molecule has 0 saturated carbocycles. The fraction of sp³-hybridized carbons (Fsp3) is 0.241. The number of ether oxygens (including phenoxy) is 2. The third-order valence-electron chi connectivity index (χ3n) is 6.83. The zero-order chi connectivity index (χ0) is 25.4. The molecule has 36 heavy (non-hydrogen) atoms. The van der Waals surface area contributed by atoms with Gasteiger partial charge in [0.25, 0.3) is 11.7 Å². The summed E-state index contributed by atoms with van der Waals surface area (Å²) in [6, 6.07) is 19.2. The number of hydrogen-bond acceptors (Lipinski definition) is 6. The average molecular weight is 485 g/mol. The summed E-state index contributed by atoms with van der Waals surface area (Å²) < 4.78 is 11.3. The Morgan fingerprint density at radius 1 is 1.08 bits per heavy atom. The Balaban J connectivity index is 1.71. The van der Waals surface area contributed by atoms with Crippen LogP contribution in [0.3, 0.4) is 0 Å². The molecule has 0 spiro atoms. The molecular weight excluding hydrogens is 456 g/mol. The number of para-hydroxylation sites is 1. The predicted octanol–water partition coefficient (Wildman–Crippen LogP) is 4.71. The van der Waals surface area contributed by atoms with Crippen LogP contribution in [0.15, 0.2) is 72.3 Å². The van der Waals surface area contributed by atoms with Gasteiger partial charge in [-0.3, -0.25) is 14.5 Å². The summed E-state index contributed by atoms with van der Waals surface area (Å²) >= 11 is 0. The van der Waals surface area contributed by atoms with E-state index in [0.29, 0.717) is 41.5 Å². The van der Waals surface area contributed by atoms with Crippen LogP contribution in [0.2, 0.25) is 0 Å². The first kappa shape index (κ1) is 23.5. The maximum absolute atomic E-state index is 13.5. The van der Waals surface area contributed by atoms with Gasteiger partial charge >= 0.3 is 0 Å². The second-order valence-electron chi connectivity index (χ2n) is 8.88. The zero-order valence-corrected chi connectivity index (χ0v) is 20.5. The van der Waals surface area contributed by atoms with Gasteiger partial charge in [-0.1, -0.05) is 37.3 Å². The molecule has 2 heterocycles. The third kappa shape index (κ3) is 3.86. The van der Waals surface area contributed by atoms with E-state index in [2.05, 4.69) is 6.92 Å². The van der Waals surface area contributed by atoms with Crippen LogP contribution >= 0.6 is 0 Å². The lowest BCUT2D eigenvalue weighted by Gasteiger charge is -2.28. The van der Waals surface area contributed by atoms with Crippen LogP contribution in [0.4, 0.5) is 11.4 Å². The highest BCUT2D eigenvalue weighted by molar-refractivity contribution is 6.51. The van der Waals surface area contributed by atoms with Gasteiger partial charge in [0.15, 0.2) is 0 Å². The van der Waals surface area contributed by atoms with E-state index in [9.17, 15) is 14.7 Å².